The maximum atomic E-state index is 12.8. The zero-order chi connectivity index (χ0) is 13.3. The van der Waals surface area contributed by atoms with Crippen LogP contribution in [0.15, 0.2) is 0 Å². The maximum Gasteiger partial charge on any atom is 0.405 e. The van der Waals surface area contributed by atoms with Crippen LogP contribution >= 0.6 is 0 Å². The average Bonchev–Trinajstić information content (AvgIpc) is 2.14. The van der Waals surface area contributed by atoms with Crippen LogP contribution in [0.4, 0.5) is 13.2 Å². The fourth-order valence-electron chi connectivity index (χ4n) is 2.33. The third-order valence-electron chi connectivity index (χ3n) is 2.94. The maximum absolute atomic E-state index is 12.8. The molecule has 4 nitrogen and oxygen atoms in total. The van der Waals surface area contributed by atoms with Crippen molar-refractivity contribution in [2.24, 2.45) is 5.73 Å². The van der Waals surface area contributed by atoms with Crippen LogP contribution < -0.4 is 5.73 Å². The lowest BCUT2D eigenvalue weighted by atomic mass is 9.96. The van der Waals surface area contributed by atoms with E-state index in [1.54, 1.807) is 0 Å². The van der Waals surface area contributed by atoms with Gasteiger partial charge >= 0.3 is 6.18 Å². The highest BCUT2D eigenvalue weighted by atomic mass is 32.2. The van der Waals surface area contributed by atoms with Crippen LogP contribution in [0.1, 0.15) is 25.7 Å². The SMILES string of the molecule is CS(=O)(=O)N1C(CCN)CCCC1C(F)(F)F. The molecule has 1 aliphatic rings. The Balaban J connectivity index is 3.04. The van der Waals surface area contributed by atoms with Crippen molar-refractivity contribution in [1.82, 2.24) is 4.31 Å². The zero-order valence-electron chi connectivity index (χ0n) is 9.57. The molecule has 0 amide bonds. The molecule has 2 unspecified atom stereocenters. The molecule has 0 aromatic rings. The summed E-state index contributed by atoms with van der Waals surface area (Å²) in [7, 11) is -3.87. The lowest BCUT2D eigenvalue weighted by Gasteiger charge is -2.40. The molecule has 8 heteroatoms. The first-order valence-corrected chi connectivity index (χ1v) is 7.28. The third kappa shape index (κ3) is 3.56. The Bertz CT molecular complexity index is 354. The van der Waals surface area contributed by atoms with Gasteiger partial charge in [0, 0.05) is 6.04 Å². The molecule has 0 spiro atoms. The molecule has 1 fully saturated rings. The van der Waals surface area contributed by atoms with E-state index in [-0.39, 0.29) is 19.4 Å². The first-order valence-electron chi connectivity index (χ1n) is 5.43. The summed E-state index contributed by atoms with van der Waals surface area (Å²) in [5, 5.41) is 0. The minimum Gasteiger partial charge on any atom is -0.330 e. The summed E-state index contributed by atoms with van der Waals surface area (Å²) >= 11 is 0. The summed E-state index contributed by atoms with van der Waals surface area (Å²) in [6.07, 6.45) is -2.79. The molecule has 1 saturated heterocycles. The van der Waals surface area contributed by atoms with E-state index >= 15 is 0 Å². The van der Waals surface area contributed by atoms with E-state index in [0.717, 1.165) is 6.26 Å². The van der Waals surface area contributed by atoms with Gasteiger partial charge in [0.2, 0.25) is 10.0 Å². The second-order valence-electron chi connectivity index (χ2n) is 4.31. The van der Waals surface area contributed by atoms with E-state index in [4.69, 9.17) is 5.73 Å². The molecular weight excluding hydrogens is 257 g/mol. The fourth-order valence-corrected chi connectivity index (χ4v) is 3.77. The van der Waals surface area contributed by atoms with E-state index in [9.17, 15) is 21.6 Å². The molecule has 0 bridgehead atoms. The number of alkyl halides is 3. The quantitative estimate of drug-likeness (QED) is 0.837. The minimum absolute atomic E-state index is 0.169. The number of sulfonamides is 1. The van der Waals surface area contributed by atoms with Crippen LogP contribution in [0.2, 0.25) is 0 Å². The van der Waals surface area contributed by atoms with E-state index < -0.39 is 28.3 Å². The molecule has 2 N–H and O–H groups in total. The molecule has 0 saturated carbocycles. The molecule has 102 valence electrons. The van der Waals surface area contributed by atoms with E-state index in [1.807, 2.05) is 0 Å². The molecule has 2 atom stereocenters. The second-order valence-corrected chi connectivity index (χ2v) is 6.20. The number of rotatable bonds is 3. The largest absolute Gasteiger partial charge is 0.405 e. The number of hydrogen-bond acceptors (Lipinski definition) is 3. The summed E-state index contributed by atoms with van der Waals surface area (Å²) in [6, 6.07) is -2.53. The Morgan fingerprint density at radius 3 is 2.35 bits per heavy atom. The highest BCUT2D eigenvalue weighted by molar-refractivity contribution is 7.88. The second kappa shape index (κ2) is 5.11. The van der Waals surface area contributed by atoms with E-state index in [0.29, 0.717) is 17.1 Å². The van der Waals surface area contributed by atoms with Gasteiger partial charge in [-0.05, 0) is 32.2 Å². The third-order valence-corrected chi connectivity index (χ3v) is 4.26. The highest BCUT2D eigenvalue weighted by Gasteiger charge is 2.50. The Kier molecular flexibility index (Phi) is 4.43. The van der Waals surface area contributed by atoms with E-state index in [1.165, 1.54) is 0 Å². The Hall–Kier alpha value is -0.340. The number of piperidine rings is 1. The molecule has 1 aliphatic heterocycles. The number of hydrogen-bond donors (Lipinski definition) is 1. The van der Waals surface area contributed by atoms with Gasteiger partial charge in [-0.15, -0.1) is 0 Å². The van der Waals surface area contributed by atoms with Crippen LogP contribution in [0.25, 0.3) is 0 Å². The van der Waals surface area contributed by atoms with Gasteiger partial charge in [-0.2, -0.15) is 17.5 Å². The van der Waals surface area contributed by atoms with Gasteiger partial charge < -0.3 is 5.73 Å². The normalized spacial score (nSPS) is 28.3. The molecule has 0 aliphatic carbocycles. The van der Waals surface area contributed by atoms with Crippen molar-refractivity contribution in [3.05, 3.63) is 0 Å². The average molecular weight is 274 g/mol. The Morgan fingerprint density at radius 1 is 1.35 bits per heavy atom. The first kappa shape index (κ1) is 14.7. The first-order chi connectivity index (χ1) is 7.68. The van der Waals surface area contributed by atoms with Gasteiger partial charge in [-0.1, -0.05) is 0 Å². The lowest BCUT2D eigenvalue weighted by Crippen LogP contribution is -2.55. The van der Waals surface area contributed by atoms with Crippen LogP contribution in [-0.2, 0) is 10.0 Å². The van der Waals surface area contributed by atoms with Gasteiger partial charge in [0.25, 0.3) is 0 Å². The lowest BCUT2D eigenvalue weighted by molar-refractivity contribution is -0.182. The molecule has 1 rings (SSSR count). The summed E-state index contributed by atoms with van der Waals surface area (Å²) < 4.78 is 62.0. The standard InChI is InChI=1S/C9H17F3N2O2S/c1-17(15,16)14-7(5-6-13)3-2-4-8(14)9(10,11)12/h7-8H,2-6,13H2,1H3. The topological polar surface area (TPSA) is 63.4 Å². The van der Waals surface area contributed by atoms with E-state index in [2.05, 4.69) is 0 Å². The molecule has 0 radical (unpaired) electrons. The van der Waals surface area contributed by atoms with Crippen molar-refractivity contribution in [2.45, 2.75) is 43.9 Å². The molecule has 1 heterocycles. The predicted octanol–water partition coefficient (Wildman–Crippen LogP) is 1.08. The molecular formula is C9H17F3N2O2S. The highest BCUT2D eigenvalue weighted by Crippen LogP contribution is 2.36. The molecule has 17 heavy (non-hydrogen) atoms. The molecule has 0 aromatic heterocycles. The minimum atomic E-state index is -4.52. The smallest absolute Gasteiger partial charge is 0.330 e. The van der Waals surface area contributed by atoms with Crippen molar-refractivity contribution in [2.75, 3.05) is 12.8 Å². The molecule has 0 aromatic carbocycles. The Labute approximate surface area is 99.0 Å². The van der Waals surface area contributed by atoms with Crippen LogP contribution in [0.5, 0.6) is 0 Å². The van der Waals surface area contributed by atoms with Gasteiger partial charge in [0.05, 0.1) is 6.26 Å². The van der Waals surface area contributed by atoms with Crippen molar-refractivity contribution < 1.29 is 21.6 Å². The Morgan fingerprint density at radius 2 is 1.94 bits per heavy atom. The van der Waals surface area contributed by atoms with Gasteiger partial charge in [-0.25, -0.2) is 8.42 Å². The predicted molar refractivity (Wildman–Crippen MR) is 57.8 cm³/mol. The number of halogens is 3. The summed E-state index contributed by atoms with van der Waals surface area (Å²) in [6.45, 7) is 0.182. The van der Waals surface area contributed by atoms with Crippen LogP contribution in [0, 0.1) is 0 Å². The fraction of sp³-hybridized carbons (Fsp3) is 1.00. The zero-order valence-corrected chi connectivity index (χ0v) is 10.4. The monoisotopic (exact) mass is 274 g/mol. The summed E-state index contributed by atoms with van der Waals surface area (Å²) in [5.41, 5.74) is 5.32. The van der Waals surface area contributed by atoms with Gasteiger partial charge in [0.1, 0.15) is 6.04 Å². The van der Waals surface area contributed by atoms with Crippen molar-refractivity contribution in [1.29, 1.82) is 0 Å². The van der Waals surface area contributed by atoms with Crippen molar-refractivity contribution in [3.8, 4) is 0 Å². The van der Waals surface area contributed by atoms with Gasteiger partial charge in [0.15, 0.2) is 0 Å². The van der Waals surface area contributed by atoms with Crippen LogP contribution in [0.3, 0.4) is 0 Å². The number of nitrogens with zero attached hydrogens (tertiary/aromatic N) is 1. The number of nitrogens with two attached hydrogens (primary N) is 1. The van der Waals surface area contributed by atoms with Crippen molar-refractivity contribution in [3.63, 3.8) is 0 Å². The van der Waals surface area contributed by atoms with Crippen LogP contribution in [-0.4, -0.2) is 43.8 Å². The van der Waals surface area contributed by atoms with Gasteiger partial charge in [-0.3, -0.25) is 0 Å². The summed E-state index contributed by atoms with van der Waals surface area (Å²) in [5.74, 6) is 0. The summed E-state index contributed by atoms with van der Waals surface area (Å²) in [4.78, 5) is 0. The van der Waals surface area contributed by atoms with Crippen molar-refractivity contribution >= 4 is 10.0 Å².